The molecule has 0 bridgehead atoms. The van der Waals surface area contributed by atoms with Crippen LogP contribution in [0, 0.1) is 0 Å². The summed E-state index contributed by atoms with van der Waals surface area (Å²) < 4.78 is 0. The van der Waals surface area contributed by atoms with Crippen molar-refractivity contribution in [1.29, 1.82) is 0 Å². The van der Waals surface area contributed by atoms with Gasteiger partial charge >= 0.3 is 0 Å². The van der Waals surface area contributed by atoms with E-state index >= 15 is 0 Å². The predicted molar refractivity (Wildman–Crippen MR) is 75.4 cm³/mol. The molecule has 1 nitrogen and oxygen atoms in total. The van der Waals surface area contributed by atoms with Crippen molar-refractivity contribution in [2.75, 3.05) is 16.8 Å². The molecule has 88 valence electrons. The van der Waals surface area contributed by atoms with Gasteiger partial charge in [-0.25, -0.2) is 0 Å². The fraction of sp³-hybridized carbons (Fsp3) is 0.455. The van der Waals surface area contributed by atoms with E-state index in [1.165, 1.54) is 11.5 Å². The van der Waals surface area contributed by atoms with Gasteiger partial charge in [-0.1, -0.05) is 34.8 Å². The lowest BCUT2D eigenvalue weighted by Crippen LogP contribution is -2.24. The maximum Gasteiger partial charge on any atom is 0.0722 e. The largest absolute Gasteiger partial charge is 0.380 e. The zero-order chi connectivity index (χ0) is 11.5. The second kappa shape index (κ2) is 5.72. The molecule has 5 heteroatoms. The number of anilines is 1. The van der Waals surface area contributed by atoms with Gasteiger partial charge in [0.2, 0.25) is 0 Å². The molecule has 1 saturated heterocycles. The van der Waals surface area contributed by atoms with E-state index in [4.69, 9.17) is 34.8 Å². The van der Waals surface area contributed by atoms with Crippen molar-refractivity contribution in [1.82, 2.24) is 0 Å². The molecule has 0 unspecified atom stereocenters. The van der Waals surface area contributed by atoms with Crippen LogP contribution in [-0.4, -0.2) is 17.5 Å². The number of hydrogen-bond donors (Lipinski definition) is 1. The molecule has 1 aromatic carbocycles. The summed E-state index contributed by atoms with van der Waals surface area (Å²) in [5.74, 6) is 2.39. The van der Waals surface area contributed by atoms with E-state index in [1.54, 1.807) is 12.1 Å². The zero-order valence-corrected chi connectivity index (χ0v) is 11.7. The Balaban J connectivity index is 2.14. The third-order valence-corrected chi connectivity index (χ3v) is 4.44. The van der Waals surface area contributed by atoms with E-state index in [1.807, 2.05) is 11.8 Å². The molecule has 1 N–H and O–H groups in total. The Morgan fingerprint density at radius 2 is 1.62 bits per heavy atom. The number of rotatable bonds is 2. The minimum atomic E-state index is 0.470. The molecule has 0 aromatic heterocycles. The second-order valence-corrected chi connectivity index (χ2v) is 6.25. The van der Waals surface area contributed by atoms with E-state index < -0.39 is 0 Å². The molecule has 0 saturated carbocycles. The molecule has 16 heavy (non-hydrogen) atoms. The molecule has 2 rings (SSSR count). The highest BCUT2D eigenvalue weighted by molar-refractivity contribution is 7.99. The monoisotopic (exact) mass is 295 g/mol. The van der Waals surface area contributed by atoms with Gasteiger partial charge in [0.25, 0.3) is 0 Å². The van der Waals surface area contributed by atoms with Gasteiger partial charge < -0.3 is 5.32 Å². The molecule has 1 aliphatic rings. The first-order valence-electron chi connectivity index (χ1n) is 5.15. The van der Waals surface area contributed by atoms with Gasteiger partial charge in [-0.3, -0.25) is 0 Å². The summed E-state index contributed by atoms with van der Waals surface area (Å²) in [5.41, 5.74) is 0.810. The number of benzene rings is 1. The Kier molecular flexibility index (Phi) is 4.54. The summed E-state index contributed by atoms with van der Waals surface area (Å²) in [5, 5.41) is 5.16. The Morgan fingerprint density at radius 3 is 2.19 bits per heavy atom. The summed E-state index contributed by atoms with van der Waals surface area (Å²) >= 11 is 20.1. The van der Waals surface area contributed by atoms with Crippen molar-refractivity contribution in [3.05, 3.63) is 27.2 Å². The first kappa shape index (κ1) is 12.7. The minimum absolute atomic E-state index is 0.470. The van der Waals surface area contributed by atoms with Gasteiger partial charge in [0, 0.05) is 11.1 Å². The van der Waals surface area contributed by atoms with Crippen molar-refractivity contribution >= 4 is 52.3 Å². The van der Waals surface area contributed by atoms with E-state index in [9.17, 15) is 0 Å². The van der Waals surface area contributed by atoms with Crippen LogP contribution in [0.4, 0.5) is 5.69 Å². The molecule has 1 heterocycles. The Morgan fingerprint density at radius 1 is 1.06 bits per heavy atom. The maximum atomic E-state index is 6.12. The molecule has 1 fully saturated rings. The topological polar surface area (TPSA) is 12.0 Å². The highest BCUT2D eigenvalue weighted by atomic mass is 35.5. The molecule has 0 atom stereocenters. The fourth-order valence-corrected chi connectivity index (χ4v) is 3.76. The molecule has 1 aromatic rings. The van der Waals surface area contributed by atoms with Crippen LogP contribution in [0.1, 0.15) is 12.8 Å². The van der Waals surface area contributed by atoms with Gasteiger partial charge in [-0.05, 0) is 36.5 Å². The van der Waals surface area contributed by atoms with Crippen LogP contribution in [0.25, 0.3) is 0 Å². The van der Waals surface area contributed by atoms with Crippen LogP contribution < -0.4 is 5.32 Å². The first-order valence-corrected chi connectivity index (χ1v) is 7.44. The van der Waals surface area contributed by atoms with Gasteiger partial charge in [0.05, 0.1) is 15.7 Å². The van der Waals surface area contributed by atoms with E-state index in [0.29, 0.717) is 21.1 Å². The third kappa shape index (κ3) is 3.13. The van der Waals surface area contributed by atoms with Crippen molar-refractivity contribution < 1.29 is 0 Å². The Bertz CT molecular complexity index is 354. The van der Waals surface area contributed by atoms with Crippen molar-refractivity contribution in [2.45, 2.75) is 18.9 Å². The van der Waals surface area contributed by atoms with Crippen LogP contribution in [0.3, 0.4) is 0 Å². The second-order valence-electron chi connectivity index (χ2n) is 3.78. The van der Waals surface area contributed by atoms with Crippen LogP contribution in [0.5, 0.6) is 0 Å². The lowest BCUT2D eigenvalue weighted by atomic mass is 10.1. The number of halogens is 3. The smallest absolute Gasteiger partial charge is 0.0722 e. The Hall–Kier alpha value is 0.240. The van der Waals surface area contributed by atoms with Crippen LogP contribution in [0.2, 0.25) is 15.1 Å². The molecule has 0 amide bonds. The summed E-state index contributed by atoms with van der Waals surface area (Å²) in [6.45, 7) is 0. The standard InChI is InChI=1S/C11H12Cl3NS/c12-7-5-9(13)11(10(14)6-7)15-8-1-3-16-4-2-8/h5-6,8,15H,1-4H2. The van der Waals surface area contributed by atoms with Gasteiger partial charge in [0.1, 0.15) is 0 Å². The normalized spacial score (nSPS) is 17.4. The summed E-state index contributed by atoms with van der Waals surface area (Å²) in [4.78, 5) is 0. The number of hydrogen-bond acceptors (Lipinski definition) is 2. The van der Waals surface area contributed by atoms with Crippen LogP contribution in [0.15, 0.2) is 12.1 Å². The van der Waals surface area contributed by atoms with Gasteiger partial charge in [-0.2, -0.15) is 11.8 Å². The van der Waals surface area contributed by atoms with E-state index in [2.05, 4.69) is 5.32 Å². The Labute approximate surface area is 115 Å². The predicted octanol–water partition coefficient (Wildman–Crippen LogP) is 4.95. The summed E-state index contributed by atoms with van der Waals surface area (Å²) in [7, 11) is 0. The average Bonchev–Trinajstić information content (AvgIpc) is 2.25. The lowest BCUT2D eigenvalue weighted by molar-refractivity contribution is 0.667. The molecule has 1 aliphatic heterocycles. The van der Waals surface area contributed by atoms with E-state index in [-0.39, 0.29) is 0 Å². The minimum Gasteiger partial charge on any atom is -0.380 e. The van der Waals surface area contributed by atoms with Crippen LogP contribution >= 0.6 is 46.6 Å². The maximum absolute atomic E-state index is 6.12. The van der Waals surface area contributed by atoms with Crippen LogP contribution in [-0.2, 0) is 0 Å². The lowest BCUT2D eigenvalue weighted by Gasteiger charge is -2.24. The average molecular weight is 297 g/mol. The van der Waals surface area contributed by atoms with Gasteiger partial charge in [0.15, 0.2) is 0 Å². The number of nitrogens with one attached hydrogen (secondary N) is 1. The molecule has 0 aliphatic carbocycles. The highest BCUT2D eigenvalue weighted by Crippen LogP contribution is 2.35. The highest BCUT2D eigenvalue weighted by Gasteiger charge is 2.16. The zero-order valence-electron chi connectivity index (χ0n) is 8.60. The SMILES string of the molecule is Clc1cc(Cl)c(NC2CCSCC2)c(Cl)c1. The van der Waals surface area contributed by atoms with Crippen molar-refractivity contribution in [2.24, 2.45) is 0 Å². The summed E-state index contributed by atoms with van der Waals surface area (Å²) in [6.07, 6.45) is 2.31. The molecular formula is C11H12Cl3NS. The molecular weight excluding hydrogens is 285 g/mol. The fourth-order valence-electron chi connectivity index (χ4n) is 1.73. The van der Waals surface area contributed by atoms with Gasteiger partial charge in [-0.15, -0.1) is 0 Å². The van der Waals surface area contributed by atoms with E-state index in [0.717, 1.165) is 18.5 Å². The first-order chi connectivity index (χ1) is 7.66. The molecule has 0 spiro atoms. The quantitative estimate of drug-likeness (QED) is 0.828. The third-order valence-electron chi connectivity index (χ3n) is 2.58. The number of thioether (sulfide) groups is 1. The van der Waals surface area contributed by atoms with Crippen molar-refractivity contribution in [3.63, 3.8) is 0 Å². The summed E-state index contributed by atoms with van der Waals surface area (Å²) in [6, 6.07) is 3.90. The molecule has 0 radical (unpaired) electrons. The van der Waals surface area contributed by atoms with Crippen molar-refractivity contribution in [3.8, 4) is 0 Å².